The van der Waals surface area contributed by atoms with Crippen LogP contribution in [0, 0.1) is 0 Å². The predicted molar refractivity (Wildman–Crippen MR) is 110 cm³/mol. The van der Waals surface area contributed by atoms with E-state index < -0.39 is 0 Å². The number of nitrogens with one attached hydrogen (secondary N) is 2. The average molecular weight is 374 g/mol. The van der Waals surface area contributed by atoms with Crippen molar-refractivity contribution >= 4 is 16.8 Å². The Hall–Kier alpha value is -3.54. The minimum atomic E-state index is -0.101. The van der Waals surface area contributed by atoms with Crippen LogP contribution in [0.4, 0.5) is 0 Å². The minimum absolute atomic E-state index is 0.101. The zero-order chi connectivity index (χ0) is 19.5. The number of amides is 1. The van der Waals surface area contributed by atoms with Gasteiger partial charge in [-0.05, 0) is 36.2 Å². The summed E-state index contributed by atoms with van der Waals surface area (Å²) in [5.74, 6) is 1.49. The first-order chi connectivity index (χ1) is 13.7. The van der Waals surface area contributed by atoms with Crippen molar-refractivity contribution in [3.05, 3.63) is 72.2 Å². The highest BCUT2D eigenvalue weighted by molar-refractivity contribution is 6.00. The van der Waals surface area contributed by atoms with Crippen LogP contribution in [0.1, 0.15) is 15.9 Å². The van der Waals surface area contributed by atoms with E-state index in [1.165, 1.54) is 0 Å². The number of aryl methyl sites for hydroxylation is 1. The summed E-state index contributed by atoms with van der Waals surface area (Å²) in [7, 11) is 3.58. The molecule has 0 radical (unpaired) electrons. The average Bonchev–Trinajstić information content (AvgIpc) is 3.33. The lowest BCUT2D eigenvalue weighted by molar-refractivity contribution is 0.0954. The van der Waals surface area contributed by atoms with Gasteiger partial charge in [0.15, 0.2) is 0 Å². The highest BCUT2D eigenvalue weighted by Crippen LogP contribution is 2.24. The van der Waals surface area contributed by atoms with Gasteiger partial charge in [0, 0.05) is 48.6 Å². The maximum atomic E-state index is 12.8. The topological polar surface area (TPSA) is 71.9 Å². The lowest BCUT2D eigenvalue weighted by Crippen LogP contribution is -2.26. The lowest BCUT2D eigenvalue weighted by Gasteiger charge is -2.10. The summed E-state index contributed by atoms with van der Waals surface area (Å²) < 4.78 is 7.22. The van der Waals surface area contributed by atoms with Gasteiger partial charge in [-0.2, -0.15) is 0 Å². The highest BCUT2D eigenvalue weighted by Gasteiger charge is 2.15. The zero-order valence-electron chi connectivity index (χ0n) is 15.9. The van der Waals surface area contributed by atoms with E-state index in [9.17, 15) is 4.79 Å². The van der Waals surface area contributed by atoms with Crippen LogP contribution in [-0.2, 0) is 13.5 Å². The van der Waals surface area contributed by atoms with Gasteiger partial charge in [0.05, 0.1) is 12.7 Å². The molecule has 2 aromatic heterocycles. The minimum Gasteiger partial charge on any atom is -0.497 e. The number of hydrogen-bond donors (Lipinski definition) is 2. The van der Waals surface area contributed by atoms with Crippen molar-refractivity contribution in [1.29, 1.82) is 0 Å². The van der Waals surface area contributed by atoms with Crippen molar-refractivity contribution in [2.45, 2.75) is 6.42 Å². The fraction of sp³-hybridized carbons (Fsp3) is 0.182. The molecule has 2 heterocycles. The number of hydrogen-bond acceptors (Lipinski definition) is 3. The molecule has 4 rings (SSSR count). The number of benzene rings is 2. The summed E-state index contributed by atoms with van der Waals surface area (Å²) in [5, 5.41) is 4.14. The quantitative estimate of drug-likeness (QED) is 0.542. The Labute approximate surface area is 163 Å². The van der Waals surface area contributed by atoms with E-state index in [4.69, 9.17) is 4.74 Å². The number of fused-ring (bicyclic) bond motifs is 1. The summed E-state index contributed by atoms with van der Waals surface area (Å²) in [6, 6.07) is 13.5. The Bertz CT molecular complexity index is 1130. The molecule has 2 aromatic carbocycles. The molecule has 0 aliphatic carbocycles. The second-order valence-electron chi connectivity index (χ2n) is 6.64. The van der Waals surface area contributed by atoms with E-state index in [1.54, 1.807) is 13.3 Å². The largest absolute Gasteiger partial charge is 0.497 e. The van der Waals surface area contributed by atoms with Crippen LogP contribution >= 0.6 is 0 Å². The van der Waals surface area contributed by atoms with E-state index in [2.05, 4.69) is 15.3 Å². The molecule has 0 spiro atoms. The number of nitrogens with zero attached hydrogens (tertiary/aromatic N) is 2. The van der Waals surface area contributed by atoms with Crippen LogP contribution in [-0.4, -0.2) is 34.1 Å². The Morgan fingerprint density at radius 1 is 1.25 bits per heavy atom. The van der Waals surface area contributed by atoms with Gasteiger partial charge in [-0.1, -0.05) is 18.2 Å². The van der Waals surface area contributed by atoms with E-state index in [-0.39, 0.29) is 5.91 Å². The summed E-state index contributed by atoms with van der Waals surface area (Å²) in [6.45, 7) is 0.540. The molecule has 6 nitrogen and oxygen atoms in total. The molecule has 0 saturated carbocycles. The normalized spacial score (nSPS) is 10.9. The number of aromatic nitrogens is 3. The van der Waals surface area contributed by atoms with Crippen molar-refractivity contribution < 1.29 is 9.53 Å². The van der Waals surface area contributed by atoms with Crippen LogP contribution in [0.5, 0.6) is 5.75 Å². The molecule has 6 heteroatoms. The van der Waals surface area contributed by atoms with Gasteiger partial charge < -0.3 is 19.6 Å². The van der Waals surface area contributed by atoms with E-state index in [1.807, 2.05) is 66.5 Å². The molecule has 0 bridgehead atoms. The van der Waals surface area contributed by atoms with E-state index in [0.29, 0.717) is 12.1 Å². The fourth-order valence-electron chi connectivity index (χ4n) is 3.40. The summed E-state index contributed by atoms with van der Waals surface area (Å²) in [6.07, 6.45) is 6.31. The lowest BCUT2D eigenvalue weighted by atomic mass is 10.1. The van der Waals surface area contributed by atoms with Gasteiger partial charge in [-0.15, -0.1) is 0 Å². The fourth-order valence-corrected chi connectivity index (χ4v) is 3.40. The standard InChI is InChI=1S/C22H22N4O2/c1-26-12-11-23-21(26)17-5-3-4-6-18(17)22(27)24-10-9-15-14-25-20-8-7-16(28-2)13-19(15)20/h3-8,11-14,25H,9-10H2,1-2H3,(H,24,27). The van der Waals surface area contributed by atoms with Crippen LogP contribution in [0.25, 0.3) is 22.3 Å². The number of H-pyrrole nitrogens is 1. The van der Waals surface area contributed by atoms with E-state index in [0.717, 1.165) is 40.0 Å². The van der Waals surface area contributed by atoms with Crippen molar-refractivity contribution in [2.24, 2.45) is 7.05 Å². The molecule has 0 fully saturated rings. The molecule has 28 heavy (non-hydrogen) atoms. The van der Waals surface area contributed by atoms with Gasteiger partial charge in [-0.3, -0.25) is 4.79 Å². The molecular weight excluding hydrogens is 352 g/mol. The molecule has 0 aliphatic rings. The predicted octanol–water partition coefficient (Wildman–Crippen LogP) is 3.55. The molecule has 0 saturated heterocycles. The monoisotopic (exact) mass is 374 g/mol. The van der Waals surface area contributed by atoms with Gasteiger partial charge in [-0.25, -0.2) is 4.98 Å². The van der Waals surface area contributed by atoms with Crippen molar-refractivity contribution in [3.8, 4) is 17.1 Å². The van der Waals surface area contributed by atoms with Crippen LogP contribution < -0.4 is 10.1 Å². The van der Waals surface area contributed by atoms with Gasteiger partial charge in [0.2, 0.25) is 0 Å². The second kappa shape index (κ2) is 7.60. The molecule has 142 valence electrons. The first-order valence-electron chi connectivity index (χ1n) is 9.16. The number of carbonyl (C=O) groups excluding carboxylic acids is 1. The smallest absolute Gasteiger partial charge is 0.252 e. The molecule has 0 aliphatic heterocycles. The Kier molecular flexibility index (Phi) is 4.85. The van der Waals surface area contributed by atoms with Gasteiger partial charge in [0.25, 0.3) is 5.91 Å². The van der Waals surface area contributed by atoms with Gasteiger partial charge >= 0.3 is 0 Å². The summed E-state index contributed by atoms with van der Waals surface area (Å²) in [4.78, 5) is 20.4. The Morgan fingerprint density at radius 3 is 2.89 bits per heavy atom. The number of carbonyl (C=O) groups is 1. The molecule has 0 atom stereocenters. The molecule has 4 aromatic rings. The maximum Gasteiger partial charge on any atom is 0.252 e. The summed E-state index contributed by atoms with van der Waals surface area (Å²) >= 11 is 0. The van der Waals surface area contributed by atoms with Crippen molar-refractivity contribution in [3.63, 3.8) is 0 Å². The Morgan fingerprint density at radius 2 is 2.11 bits per heavy atom. The number of methoxy groups -OCH3 is 1. The first-order valence-corrected chi connectivity index (χ1v) is 9.16. The highest BCUT2D eigenvalue weighted by atomic mass is 16.5. The maximum absolute atomic E-state index is 12.8. The van der Waals surface area contributed by atoms with E-state index >= 15 is 0 Å². The third-order valence-corrected chi connectivity index (χ3v) is 4.89. The number of ether oxygens (including phenoxy) is 1. The zero-order valence-corrected chi connectivity index (χ0v) is 15.9. The summed E-state index contributed by atoms with van der Waals surface area (Å²) in [5.41, 5.74) is 3.65. The Balaban J connectivity index is 1.48. The second-order valence-corrected chi connectivity index (χ2v) is 6.64. The number of rotatable bonds is 6. The SMILES string of the molecule is COc1ccc2[nH]cc(CCNC(=O)c3ccccc3-c3nccn3C)c2c1. The van der Waals surface area contributed by atoms with Crippen LogP contribution in [0.3, 0.4) is 0 Å². The third kappa shape index (κ3) is 3.36. The third-order valence-electron chi connectivity index (χ3n) is 4.89. The molecule has 0 unspecified atom stereocenters. The van der Waals surface area contributed by atoms with Crippen LogP contribution in [0.15, 0.2) is 61.1 Å². The molecule has 2 N–H and O–H groups in total. The number of imidazole rings is 1. The molecular formula is C22H22N4O2. The van der Waals surface area contributed by atoms with Gasteiger partial charge in [0.1, 0.15) is 11.6 Å². The van der Waals surface area contributed by atoms with Crippen LogP contribution in [0.2, 0.25) is 0 Å². The number of aromatic amines is 1. The molecule has 1 amide bonds. The van der Waals surface area contributed by atoms with Crippen molar-refractivity contribution in [1.82, 2.24) is 19.9 Å². The van der Waals surface area contributed by atoms with Crippen molar-refractivity contribution in [2.75, 3.05) is 13.7 Å². The first kappa shape index (κ1) is 17.9.